The molecule has 0 fully saturated rings. The topological polar surface area (TPSA) is 0 Å². The molecule has 1 aromatic carbocycles. The Kier molecular flexibility index (Phi) is 4.74. The van der Waals surface area contributed by atoms with Crippen LogP contribution in [-0.2, 0) is 16.2 Å². The largest absolute Gasteiger partial charge is 0.0587 e. The van der Waals surface area contributed by atoms with Crippen LogP contribution in [0.25, 0.3) is 0 Å². The Morgan fingerprint density at radius 1 is 0.619 bits per heavy atom. The summed E-state index contributed by atoms with van der Waals surface area (Å²) < 4.78 is 0. The molecule has 1 rings (SSSR count). The molecule has 120 valence electrons. The Hall–Kier alpha value is -0.780. The van der Waals surface area contributed by atoms with E-state index in [0.717, 1.165) is 0 Å². The van der Waals surface area contributed by atoms with Gasteiger partial charge in [-0.15, -0.1) is 0 Å². The van der Waals surface area contributed by atoms with E-state index in [-0.39, 0.29) is 16.2 Å². The highest BCUT2D eigenvalue weighted by Crippen LogP contribution is 2.42. The highest BCUT2D eigenvalue weighted by atomic mass is 14.4. The van der Waals surface area contributed by atoms with Gasteiger partial charge < -0.3 is 0 Å². The number of benzene rings is 1. The fourth-order valence-electron chi connectivity index (χ4n) is 2.99. The van der Waals surface area contributed by atoms with Crippen molar-refractivity contribution in [2.45, 2.75) is 98.3 Å². The number of hydrogen-bond acceptors (Lipinski definition) is 0. The van der Waals surface area contributed by atoms with Crippen LogP contribution in [0.4, 0.5) is 0 Å². The third kappa shape index (κ3) is 4.11. The third-order valence-electron chi connectivity index (χ3n) is 4.19. The molecule has 0 spiro atoms. The second-order valence-electron chi connectivity index (χ2n) is 9.90. The molecule has 0 N–H and O–H groups in total. The zero-order chi connectivity index (χ0) is 16.8. The third-order valence-corrected chi connectivity index (χ3v) is 4.19. The second kappa shape index (κ2) is 5.45. The van der Waals surface area contributed by atoms with E-state index in [9.17, 15) is 0 Å². The predicted molar refractivity (Wildman–Crippen MR) is 96.6 cm³/mol. The molecule has 0 aliphatic rings. The smallest absolute Gasteiger partial charge is 0.0126 e. The van der Waals surface area contributed by atoms with Gasteiger partial charge in [-0.3, -0.25) is 0 Å². The van der Waals surface area contributed by atoms with Crippen LogP contribution < -0.4 is 0 Å². The van der Waals surface area contributed by atoms with E-state index in [1.807, 2.05) is 0 Å². The van der Waals surface area contributed by atoms with E-state index < -0.39 is 0 Å². The minimum atomic E-state index is 0.167. The first-order valence-corrected chi connectivity index (χ1v) is 8.35. The molecule has 0 heterocycles. The van der Waals surface area contributed by atoms with E-state index in [1.54, 1.807) is 5.56 Å². The maximum atomic E-state index is 2.46. The lowest BCUT2D eigenvalue weighted by atomic mass is 9.67. The molecule has 0 unspecified atom stereocenters. The van der Waals surface area contributed by atoms with Gasteiger partial charge in [0.05, 0.1) is 0 Å². The van der Waals surface area contributed by atoms with Gasteiger partial charge in [0.1, 0.15) is 0 Å². The van der Waals surface area contributed by atoms with Gasteiger partial charge in [-0.2, -0.15) is 0 Å². The van der Waals surface area contributed by atoms with E-state index in [0.29, 0.717) is 5.92 Å². The van der Waals surface area contributed by atoms with Gasteiger partial charge in [0.2, 0.25) is 0 Å². The van der Waals surface area contributed by atoms with Crippen molar-refractivity contribution in [3.05, 3.63) is 34.4 Å². The summed E-state index contributed by atoms with van der Waals surface area (Å²) in [5.74, 6) is 0.571. The Labute approximate surface area is 133 Å². The van der Waals surface area contributed by atoms with Crippen molar-refractivity contribution < 1.29 is 0 Å². The number of rotatable bonds is 1. The Morgan fingerprint density at radius 2 is 0.952 bits per heavy atom. The van der Waals surface area contributed by atoms with E-state index in [2.05, 4.69) is 88.3 Å². The summed E-state index contributed by atoms with van der Waals surface area (Å²) >= 11 is 0. The van der Waals surface area contributed by atoms with Gasteiger partial charge in [-0.05, 0) is 44.4 Å². The molecule has 0 saturated carbocycles. The van der Waals surface area contributed by atoms with Gasteiger partial charge in [-0.25, -0.2) is 0 Å². The summed E-state index contributed by atoms with van der Waals surface area (Å²) in [6, 6.07) is 4.92. The van der Waals surface area contributed by atoms with E-state index in [4.69, 9.17) is 0 Å². The van der Waals surface area contributed by atoms with Crippen LogP contribution in [0.1, 0.15) is 104 Å². The van der Waals surface area contributed by atoms with Gasteiger partial charge in [0, 0.05) is 0 Å². The van der Waals surface area contributed by atoms with Crippen LogP contribution >= 0.6 is 0 Å². The van der Waals surface area contributed by atoms with Crippen LogP contribution in [0.5, 0.6) is 0 Å². The SMILES string of the molecule is CC(C)c1cc(C(C)(C)C)c(C(C)(C)C)c(C(C)(C)C)c1. The lowest BCUT2D eigenvalue weighted by Gasteiger charge is -2.37. The summed E-state index contributed by atoms with van der Waals surface area (Å²) in [5.41, 5.74) is 6.57. The fourth-order valence-corrected chi connectivity index (χ4v) is 2.99. The minimum Gasteiger partial charge on any atom is -0.0587 e. The molecule has 0 saturated heterocycles. The molecular weight excluding hydrogens is 252 g/mol. The predicted octanol–water partition coefficient (Wildman–Crippen LogP) is 6.70. The first-order valence-electron chi connectivity index (χ1n) is 8.35. The maximum absolute atomic E-state index is 2.46. The summed E-state index contributed by atoms with van der Waals surface area (Å²) in [6.45, 7) is 25.7. The van der Waals surface area contributed by atoms with Crippen molar-refractivity contribution in [1.82, 2.24) is 0 Å². The molecule has 0 nitrogen and oxygen atoms in total. The van der Waals surface area contributed by atoms with E-state index in [1.165, 1.54) is 16.7 Å². The Morgan fingerprint density at radius 3 is 1.14 bits per heavy atom. The van der Waals surface area contributed by atoms with Crippen molar-refractivity contribution in [3.63, 3.8) is 0 Å². The van der Waals surface area contributed by atoms with Crippen LogP contribution in [0.2, 0.25) is 0 Å². The van der Waals surface area contributed by atoms with Crippen molar-refractivity contribution in [2.75, 3.05) is 0 Å². The van der Waals surface area contributed by atoms with Gasteiger partial charge in [0.15, 0.2) is 0 Å². The first kappa shape index (κ1) is 18.3. The molecule has 0 bridgehead atoms. The number of hydrogen-bond donors (Lipinski definition) is 0. The van der Waals surface area contributed by atoms with Crippen molar-refractivity contribution in [1.29, 1.82) is 0 Å². The van der Waals surface area contributed by atoms with Crippen molar-refractivity contribution >= 4 is 0 Å². The molecular formula is C21H36. The van der Waals surface area contributed by atoms with Crippen LogP contribution in [0, 0.1) is 0 Å². The van der Waals surface area contributed by atoms with Crippen LogP contribution in [-0.4, -0.2) is 0 Å². The first-order chi connectivity index (χ1) is 9.15. The zero-order valence-electron chi connectivity index (χ0n) is 16.2. The molecule has 1 aromatic rings. The standard InChI is InChI=1S/C21H36/c1-14(2)15-12-16(19(3,4)5)18(21(9,10)11)17(13-15)20(6,7)8/h12-14H,1-11H3. The zero-order valence-corrected chi connectivity index (χ0v) is 16.2. The van der Waals surface area contributed by atoms with Gasteiger partial charge in [-0.1, -0.05) is 88.3 Å². The summed E-state index contributed by atoms with van der Waals surface area (Å²) in [5, 5.41) is 0. The van der Waals surface area contributed by atoms with Gasteiger partial charge in [0.25, 0.3) is 0 Å². The molecule has 0 aliphatic heterocycles. The molecule has 0 aromatic heterocycles. The normalized spacial score (nSPS) is 13.9. The average molecular weight is 289 g/mol. The average Bonchev–Trinajstić information content (AvgIpc) is 2.23. The van der Waals surface area contributed by atoms with Crippen molar-refractivity contribution in [3.8, 4) is 0 Å². The molecule has 21 heavy (non-hydrogen) atoms. The second-order valence-corrected chi connectivity index (χ2v) is 9.90. The summed E-state index contributed by atoms with van der Waals surface area (Å²) in [4.78, 5) is 0. The summed E-state index contributed by atoms with van der Waals surface area (Å²) in [7, 11) is 0. The molecule has 0 atom stereocenters. The lowest BCUT2D eigenvalue weighted by Crippen LogP contribution is -2.28. The summed E-state index contributed by atoms with van der Waals surface area (Å²) in [6.07, 6.45) is 0. The maximum Gasteiger partial charge on any atom is -0.0126 e. The molecule has 0 amide bonds. The van der Waals surface area contributed by atoms with Crippen LogP contribution in [0.3, 0.4) is 0 Å². The van der Waals surface area contributed by atoms with Crippen molar-refractivity contribution in [2.24, 2.45) is 0 Å². The monoisotopic (exact) mass is 288 g/mol. The quantitative estimate of drug-likeness (QED) is 0.539. The van der Waals surface area contributed by atoms with Crippen LogP contribution in [0.15, 0.2) is 12.1 Å². The molecule has 0 heteroatoms. The Balaban J connectivity index is 3.88. The Bertz CT molecular complexity index is 461. The highest BCUT2D eigenvalue weighted by molar-refractivity contribution is 5.49. The van der Waals surface area contributed by atoms with Gasteiger partial charge >= 0.3 is 0 Å². The molecule has 0 radical (unpaired) electrons. The fraction of sp³-hybridized carbons (Fsp3) is 0.714. The highest BCUT2D eigenvalue weighted by Gasteiger charge is 2.32. The lowest BCUT2D eigenvalue weighted by molar-refractivity contribution is 0.496. The molecule has 0 aliphatic carbocycles. The minimum absolute atomic E-state index is 0.167. The van der Waals surface area contributed by atoms with E-state index >= 15 is 0 Å².